The summed E-state index contributed by atoms with van der Waals surface area (Å²) in [6.07, 6.45) is 2.40. The van der Waals surface area contributed by atoms with E-state index in [1.165, 1.54) is 12.8 Å². The number of hydrogen-bond donors (Lipinski definition) is 0. The zero-order chi connectivity index (χ0) is 19.5. The van der Waals surface area contributed by atoms with E-state index >= 15 is 0 Å². The third-order valence-electron chi connectivity index (χ3n) is 4.31. The zero-order valence-corrected chi connectivity index (χ0v) is 18.6. The molecule has 0 aromatic rings. The van der Waals surface area contributed by atoms with Crippen molar-refractivity contribution >= 4 is 0 Å². The molecule has 0 radical (unpaired) electrons. The molecule has 0 saturated heterocycles. The van der Waals surface area contributed by atoms with E-state index in [2.05, 4.69) is 55.4 Å². The first-order valence-corrected chi connectivity index (χ1v) is 9.64. The Bertz CT molecular complexity index is 215. The maximum atomic E-state index is 5.06. The van der Waals surface area contributed by atoms with Crippen LogP contribution in [-0.2, 0) is 14.2 Å². The maximum absolute atomic E-state index is 5.06. The molecular weight excluding hydrogens is 300 g/mol. The van der Waals surface area contributed by atoms with E-state index in [9.17, 15) is 0 Å². The Hall–Kier alpha value is -0.120. The molecule has 24 heavy (non-hydrogen) atoms. The van der Waals surface area contributed by atoms with Gasteiger partial charge in [-0.25, -0.2) is 0 Å². The third-order valence-corrected chi connectivity index (χ3v) is 4.31. The Balaban J connectivity index is -0.000000278. The van der Waals surface area contributed by atoms with Crippen LogP contribution in [0.1, 0.15) is 68.2 Å². The van der Waals surface area contributed by atoms with Crippen LogP contribution in [0, 0.1) is 29.6 Å². The summed E-state index contributed by atoms with van der Waals surface area (Å²) in [6.45, 7) is 20.4. The van der Waals surface area contributed by atoms with Crippen molar-refractivity contribution in [2.45, 2.75) is 68.2 Å². The van der Waals surface area contributed by atoms with Gasteiger partial charge in [0.05, 0.1) is 0 Å². The maximum Gasteiger partial charge on any atom is 0.0492 e. The third kappa shape index (κ3) is 24.1. The molecule has 0 fully saturated rings. The van der Waals surface area contributed by atoms with Gasteiger partial charge in [-0.1, -0.05) is 61.8 Å². The van der Waals surface area contributed by atoms with Gasteiger partial charge in [0.1, 0.15) is 0 Å². The summed E-state index contributed by atoms with van der Waals surface area (Å²) in [5, 5.41) is 0. The molecule has 2 unspecified atom stereocenters. The lowest BCUT2D eigenvalue weighted by molar-refractivity contribution is 0.127. The van der Waals surface area contributed by atoms with Crippen LogP contribution in [0.4, 0.5) is 0 Å². The second-order valence-corrected chi connectivity index (χ2v) is 7.72. The Morgan fingerprint density at radius 1 is 0.667 bits per heavy atom. The second kappa shape index (κ2) is 20.9. The summed E-state index contributed by atoms with van der Waals surface area (Å²) in [7, 11) is 5.26. The van der Waals surface area contributed by atoms with Gasteiger partial charge in [-0.3, -0.25) is 0 Å². The minimum absolute atomic E-state index is 0.694. The van der Waals surface area contributed by atoms with Gasteiger partial charge in [0, 0.05) is 41.2 Å². The van der Waals surface area contributed by atoms with Crippen molar-refractivity contribution < 1.29 is 14.2 Å². The molecule has 0 N–H and O–H groups in total. The number of methoxy groups -OCH3 is 3. The molecule has 0 aliphatic carbocycles. The molecule has 0 saturated carbocycles. The van der Waals surface area contributed by atoms with Gasteiger partial charge in [0.15, 0.2) is 0 Å². The largest absolute Gasteiger partial charge is 0.385 e. The highest BCUT2D eigenvalue weighted by molar-refractivity contribution is 4.58. The summed E-state index contributed by atoms with van der Waals surface area (Å²) in [6, 6.07) is 0. The first-order valence-electron chi connectivity index (χ1n) is 9.64. The lowest BCUT2D eigenvalue weighted by Crippen LogP contribution is -2.13. The summed E-state index contributed by atoms with van der Waals surface area (Å²) >= 11 is 0. The van der Waals surface area contributed by atoms with Crippen molar-refractivity contribution in [3.63, 3.8) is 0 Å². The van der Waals surface area contributed by atoms with Gasteiger partial charge in [-0.2, -0.15) is 0 Å². The Morgan fingerprint density at radius 2 is 1.17 bits per heavy atom. The molecule has 0 aliphatic rings. The number of rotatable bonds is 10. The Kier molecular flexibility index (Phi) is 25.0. The smallest absolute Gasteiger partial charge is 0.0492 e. The lowest BCUT2D eigenvalue weighted by atomic mass is 9.94. The van der Waals surface area contributed by atoms with Crippen molar-refractivity contribution in [1.29, 1.82) is 0 Å². The molecule has 0 amide bonds. The van der Waals surface area contributed by atoms with E-state index in [0.717, 1.165) is 43.5 Å². The van der Waals surface area contributed by atoms with Gasteiger partial charge in [0.2, 0.25) is 0 Å². The topological polar surface area (TPSA) is 27.7 Å². The van der Waals surface area contributed by atoms with Gasteiger partial charge in [-0.15, -0.1) is 0 Å². The molecule has 2 atom stereocenters. The monoisotopic (exact) mass is 348 g/mol. The minimum Gasteiger partial charge on any atom is -0.385 e. The molecule has 0 spiro atoms. The molecule has 0 rings (SSSR count). The van der Waals surface area contributed by atoms with Crippen LogP contribution in [0.2, 0.25) is 0 Å². The molecule has 0 heterocycles. The highest BCUT2D eigenvalue weighted by Gasteiger charge is 2.09. The SMILES string of the molecule is CCC(COC)C(C)C.COCC(C)C(C)C.COCCC(C)C. The fourth-order valence-electron chi connectivity index (χ4n) is 1.80. The molecule has 0 aliphatic heterocycles. The minimum atomic E-state index is 0.694. The van der Waals surface area contributed by atoms with E-state index in [0.29, 0.717) is 5.92 Å². The van der Waals surface area contributed by atoms with Crippen LogP contribution in [0.15, 0.2) is 0 Å². The summed E-state index contributed by atoms with van der Waals surface area (Å²) in [5.74, 6) is 3.72. The van der Waals surface area contributed by atoms with Crippen LogP contribution in [0.5, 0.6) is 0 Å². The van der Waals surface area contributed by atoms with Crippen molar-refractivity contribution in [3.05, 3.63) is 0 Å². The number of hydrogen-bond acceptors (Lipinski definition) is 3. The standard InChI is InChI=1S/C8H18O.C7H16O.C6H14O/c1-5-8(6-9-4)7(2)3;1-6(2)7(3)5-8-4;1-6(2)4-5-7-3/h7-8H,5-6H2,1-4H3;6-7H,5H2,1-4H3;6H,4-5H2,1-3H3. The highest BCUT2D eigenvalue weighted by Crippen LogP contribution is 2.14. The first-order chi connectivity index (χ1) is 11.2. The van der Waals surface area contributed by atoms with E-state index in [1.54, 1.807) is 21.3 Å². The predicted octanol–water partition coefficient (Wildman–Crippen LogP) is 5.92. The molecule has 0 aromatic heterocycles. The highest BCUT2D eigenvalue weighted by atomic mass is 16.5. The van der Waals surface area contributed by atoms with Crippen molar-refractivity contribution in [2.24, 2.45) is 29.6 Å². The molecule has 0 aromatic carbocycles. The average molecular weight is 349 g/mol. The van der Waals surface area contributed by atoms with Gasteiger partial charge >= 0.3 is 0 Å². The summed E-state index contributed by atoms with van der Waals surface area (Å²) in [5.41, 5.74) is 0. The Morgan fingerprint density at radius 3 is 1.29 bits per heavy atom. The van der Waals surface area contributed by atoms with Crippen molar-refractivity contribution in [2.75, 3.05) is 41.2 Å². The zero-order valence-electron chi connectivity index (χ0n) is 18.6. The fraction of sp³-hybridized carbons (Fsp3) is 1.00. The first kappa shape index (κ1) is 28.7. The quantitative estimate of drug-likeness (QED) is 0.490. The van der Waals surface area contributed by atoms with Crippen LogP contribution < -0.4 is 0 Å². The fourth-order valence-corrected chi connectivity index (χ4v) is 1.80. The summed E-state index contributed by atoms with van der Waals surface area (Å²) in [4.78, 5) is 0. The van der Waals surface area contributed by atoms with Gasteiger partial charge < -0.3 is 14.2 Å². The van der Waals surface area contributed by atoms with E-state index in [4.69, 9.17) is 14.2 Å². The predicted molar refractivity (Wildman–Crippen MR) is 108 cm³/mol. The molecule has 3 nitrogen and oxygen atoms in total. The lowest BCUT2D eigenvalue weighted by Gasteiger charge is -2.16. The molecule has 150 valence electrons. The van der Waals surface area contributed by atoms with E-state index < -0.39 is 0 Å². The van der Waals surface area contributed by atoms with Crippen LogP contribution >= 0.6 is 0 Å². The molecular formula is C21H48O3. The second-order valence-electron chi connectivity index (χ2n) is 7.72. The summed E-state index contributed by atoms with van der Waals surface area (Å²) < 4.78 is 14.9. The van der Waals surface area contributed by atoms with Gasteiger partial charge in [0.25, 0.3) is 0 Å². The van der Waals surface area contributed by atoms with Crippen molar-refractivity contribution in [3.8, 4) is 0 Å². The number of ether oxygens (including phenoxy) is 3. The van der Waals surface area contributed by atoms with E-state index in [-0.39, 0.29) is 0 Å². The molecule has 3 heteroatoms. The van der Waals surface area contributed by atoms with Crippen LogP contribution in [0.3, 0.4) is 0 Å². The van der Waals surface area contributed by atoms with Crippen LogP contribution in [0.25, 0.3) is 0 Å². The van der Waals surface area contributed by atoms with Crippen molar-refractivity contribution in [1.82, 2.24) is 0 Å². The van der Waals surface area contributed by atoms with E-state index in [1.807, 2.05) is 0 Å². The van der Waals surface area contributed by atoms with Gasteiger partial charge in [-0.05, 0) is 36.0 Å². The Labute approximate surface area is 153 Å². The average Bonchev–Trinajstić information content (AvgIpc) is 2.51. The normalized spacial score (nSPS) is 13.2. The molecule has 0 bridgehead atoms. The van der Waals surface area contributed by atoms with Crippen LogP contribution in [-0.4, -0.2) is 41.2 Å².